The van der Waals surface area contributed by atoms with Gasteiger partial charge in [0.25, 0.3) is 5.91 Å². The average molecular weight is 493 g/mol. The molecule has 37 heavy (non-hydrogen) atoms. The molecule has 3 heterocycles. The second-order valence-corrected chi connectivity index (χ2v) is 9.09. The van der Waals surface area contributed by atoms with E-state index in [2.05, 4.69) is 20.1 Å². The number of halogens is 1. The minimum Gasteiger partial charge on any atom is -0.319 e. The lowest BCUT2D eigenvalue weighted by Gasteiger charge is -2.10. The van der Waals surface area contributed by atoms with Crippen LogP contribution in [0.4, 0.5) is 10.1 Å². The first-order valence-electron chi connectivity index (χ1n) is 12.4. The molecule has 2 aromatic heterocycles. The SMILES string of the molecule is O=C(Nc1cc(-c2nnc3n2CCCCC3)ccc1F)c1cn(-c2ccccc2)nc1-c1ccccc1. The summed E-state index contributed by atoms with van der Waals surface area (Å²) in [6, 6.07) is 23.7. The molecule has 0 unspecified atom stereocenters. The van der Waals surface area contributed by atoms with Crippen LogP contribution >= 0.6 is 0 Å². The lowest BCUT2D eigenvalue weighted by molar-refractivity contribution is 0.102. The van der Waals surface area contributed by atoms with Gasteiger partial charge in [0, 0.05) is 30.3 Å². The van der Waals surface area contributed by atoms with E-state index in [0.717, 1.165) is 49.3 Å². The summed E-state index contributed by atoms with van der Waals surface area (Å²) in [6.07, 6.45) is 5.84. The van der Waals surface area contributed by atoms with Crippen LogP contribution in [0.5, 0.6) is 0 Å². The number of amides is 1. The maximum atomic E-state index is 14.9. The van der Waals surface area contributed by atoms with Crippen LogP contribution in [0.25, 0.3) is 28.3 Å². The average Bonchev–Trinajstić information content (AvgIpc) is 3.49. The maximum absolute atomic E-state index is 14.9. The van der Waals surface area contributed by atoms with Crippen molar-refractivity contribution in [1.82, 2.24) is 24.5 Å². The van der Waals surface area contributed by atoms with E-state index in [1.807, 2.05) is 60.7 Å². The number of rotatable bonds is 5. The number of hydrogen-bond acceptors (Lipinski definition) is 4. The number of carbonyl (C=O) groups is 1. The Hall–Kier alpha value is -4.59. The zero-order valence-corrected chi connectivity index (χ0v) is 20.1. The van der Waals surface area contributed by atoms with Crippen molar-refractivity contribution in [2.75, 3.05) is 5.32 Å². The minimum absolute atomic E-state index is 0.0833. The number of benzene rings is 3. The number of para-hydroxylation sites is 1. The molecule has 0 aliphatic carbocycles. The zero-order valence-electron chi connectivity index (χ0n) is 20.1. The molecular formula is C29H25FN6O. The van der Waals surface area contributed by atoms with Crippen molar-refractivity contribution in [2.24, 2.45) is 0 Å². The Labute approximate surface area is 213 Å². The van der Waals surface area contributed by atoms with Crippen molar-refractivity contribution in [3.8, 4) is 28.3 Å². The van der Waals surface area contributed by atoms with Gasteiger partial charge in [-0.25, -0.2) is 9.07 Å². The molecular weight excluding hydrogens is 467 g/mol. The summed E-state index contributed by atoms with van der Waals surface area (Å²) in [5.74, 6) is 0.666. The van der Waals surface area contributed by atoms with Gasteiger partial charge in [-0.05, 0) is 43.2 Å². The van der Waals surface area contributed by atoms with Crippen molar-refractivity contribution in [1.29, 1.82) is 0 Å². The fourth-order valence-electron chi connectivity index (χ4n) is 4.71. The molecule has 0 fully saturated rings. The van der Waals surface area contributed by atoms with E-state index < -0.39 is 11.7 Å². The van der Waals surface area contributed by atoms with E-state index in [0.29, 0.717) is 22.6 Å². The number of aromatic nitrogens is 5. The summed E-state index contributed by atoms with van der Waals surface area (Å²) < 4.78 is 18.7. The molecule has 0 radical (unpaired) electrons. The second kappa shape index (κ2) is 9.81. The Balaban J connectivity index is 1.36. The highest BCUT2D eigenvalue weighted by Gasteiger charge is 2.21. The molecule has 1 aliphatic heterocycles. The summed E-state index contributed by atoms with van der Waals surface area (Å²) in [6.45, 7) is 0.829. The van der Waals surface area contributed by atoms with Crippen LogP contribution in [-0.4, -0.2) is 30.5 Å². The molecule has 1 aliphatic rings. The molecule has 0 bridgehead atoms. The summed E-state index contributed by atoms with van der Waals surface area (Å²) in [4.78, 5) is 13.5. The van der Waals surface area contributed by atoms with Crippen LogP contribution in [0.3, 0.4) is 0 Å². The fraction of sp³-hybridized carbons (Fsp3) is 0.172. The quantitative estimate of drug-likeness (QED) is 0.331. The highest BCUT2D eigenvalue weighted by molar-refractivity contribution is 6.08. The number of fused-ring (bicyclic) bond motifs is 1. The van der Waals surface area contributed by atoms with Crippen LogP contribution in [0.2, 0.25) is 0 Å². The van der Waals surface area contributed by atoms with Crippen LogP contribution < -0.4 is 5.32 Å². The Morgan fingerprint density at radius 1 is 0.865 bits per heavy atom. The maximum Gasteiger partial charge on any atom is 0.259 e. The topological polar surface area (TPSA) is 77.6 Å². The number of hydrogen-bond donors (Lipinski definition) is 1. The lowest BCUT2D eigenvalue weighted by atomic mass is 10.1. The van der Waals surface area contributed by atoms with E-state index in [4.69, 9.17) is 5.10 Å². The molecule has 8 heteroatoms. The monoisotopic (exact) mass is 492 g/mol. The van der Waals surface area contributed by atoms with Gasteiger partial charge < -0.3 is 9.88 Å². The standard InChI is InChI=1S/C29H25FN6O/c30-24-16-15-21(28-33-32-26-14-8-3-9-17-35(26)28)18-25(24)31-29(37)23-19-36(22-12-6-2-7-13-22)34-27(23)20-10-4-1-5-11-20/h1-2,4-7,10-13,15-16,18-19H,3,8-9,14,17H2,(H,31,37). The molecule has 7 nitrogen and oxygen atoms in total. The van der Waals surface area contributed by atoms with Gasteiger partial charge in [-0.1, -0.05) is 55.0 Å². The highest BCUT2D eigenvalue weighted by Crippen LogP contribution is 2.29. The third-order valence-electron chi connectivity index (χ3n) is 6.61. The predicted octanol–water partition coefficient (Wildman–Crippen LogP) is 5.92. The van der Waals surface area contributed by atoms with Gasteiger partial charge in [0.2, 0.25) is 0 Å². The van der Waals surface area contributed by atoms with Crippen LogP contribution in [0.1, 0.15) is 35.4 Å². The molecule has 1 amide bonds. The molecule has 5 aromatic rings. The molecule has 6 rings (SSSR count). The van der Waals surface area contributed by atoms with Crippen molar-refractivity contribution in [3.63, 3.8) is 0 Å². The number of nitrogens with one attached hydrogen (secondary N) is 1. The molecule has 3 aromatic carbocycles. The molecule has 0 saturated carbocycles. The van der Waals surface area contributed by atoms with Gasteiger partial charge in [0.15, 0.2) is 5.82 Å². The van der Waals surface area contributed by atoms with Crippen LogP contribution in [-0.2, 0) is 13.0 Å². The van der Waals surface area contributed by atoms with Gasteiger partial charge in [-0.15, -0.1) is 10.2 Å². The predicted molar refractivity (Wildman–Crippen MR) is 140 cm³/mol. The minimum atomic E-state index is -0.524. The first-order valence-corrected chi connectivity index (χ1v) is 12.4. The number of anilines is 1. The van der Waals surface area contributed by atoms with E-state index >= 15 is 0 Å². The van der Waals surface area contributed by atoms with E-state index in [1.54, 1.807) is 23.0 Å². The summed E-state index contributed by atoms with van der Waals surface area (Å²) in [5.41, 5.74) is 3.26. The van der Waals surface area contributed by atoms with Crippen molar-refractivity contribution in [2.45, 2.75) is 32.2 Å². The van der Waals surface area contributed by atoms with Gasteiger partial charge in [0.1, 0.15) is 17.3 Å². The normalized spacial score (nSPS) is 13.1. The van der Waals surface area contributed by atoms with E-state index in [1.165, 1.54) is 6.07 Å². The number of aryl methyl sites for hydroxylation is 1. The van der Waals surface area contributed by atoms with Gasteiger partial charge in [0.05, 0.1) is 16.9 Å². The Morgan fingerprint density at radius 2 is 1.65 bits per heavy atom. The van der Waals surface area contributed by atoms with Crippen molar-refractivity contribution >= 4 is 11.6 Å². The summed E-state index contributed by atoms with van der Waals surface area (Å²) in [5, 5.41) is 16.2. The summed E-state index contributed by atoms with van der Waals surface area (Å²) in [7, 11) is 0. The van der Waals surface area contributed by atoms with Gasteiger partial charge in [-0.2, -0.15) is 5.10 Å². The van der Waals surface area contributed by atoms with Gasteiger partial charge in [-0.3, -0.25) is 4.79 Å². The van der Waals surface area contributed by atoms with Crippen LogP contribution in [0.15, 0.2) is 85.1 Å². The third kappa shape index (κ3) is 4.53. The molecule has 0 atom stereocenters. The lowest BCUT2D eigenvalue weighted by Crippen LogP contribution is -2.13. The first kappa shape index (κ1) is 22.8. The Kier molecular flexibility index (Phi) is 6.06. The Morgan fingerprint density at radius 3 is 2.46 bits per heavy atom. The smallest absolute Gasteiger partial charge is 0.259 e. The van der Waals surface area contributed by atoms with E-state index in [-0.39, 0.29) is 5.69 Å². The third-order valence-corrected chi connectivity index (χ3v) is 6.61. The second-order valence-electron chi connectivity index (χ2n) is 9.09. The number of carbonyl (C=O) groups excluding carboxylic acids is 1. The summed E-state index contributed by atoms with van der Waals surface area (Å²) >= 11 is 0. The van der Waals surface area contributed by atoms with Crippen molar-refractivity contribution < 1.29 is 9.18 Å². The zero-order chi connectivity index (χ0) is 25.2. The fourth-order valence-corrected chi connectivity index (χ4v) is 4.71. The van der Waals surface area contributed by atoms with Crippen molar-refractivity contribution in [3.05, 3.63) is 102 Å². The molecule has 184 valence electrons. The first-order chi connectivity index (χ1) is 18.2. The highest BCUT2D eigenvalue weighted by atomic mass is 19.1. The molecule has 0 saturated heterocycles. The van der Waals surface area contributed by atoms with Gasteiger partial charge >= 0.3 is 0 Å². The molecule has 0 spiro atoms. The van der Waals surface area contributed by atoms with E-state index in [9.17, 15) is 9.18 Å². The largest absolute Gasteiger partial charge is 0.319 e. The van der Waals surface area contributed by atoms with Crippen LogP contribution in [0, 0.1) is 5.82 Å². The molecule has 1 N–H and O–H groups in total. The Bertz CT molecular complexity index is 1560. The number of nitrogens with zero attached hydrogens (tertiary/aromatic N) is 5.